The van der Waals surface area contributed by atoms with Gasteiger partial charge in [0.1, 0.15) is 5.75 Å². The van der Waals surface area contributed by atoms with E-state index in [9.17, 15) is 4.79 Å². The molecule has 1 fully saturated rings. The Hall–Kier alpha value is -3.19. The zero-order valence-corrected chi connectivity index (χ0v) is 19.3. The van der Waals surface area contributed by atoms with Gasteiger partial charge in [-0.05, 0) is 62.2 Å². The van der Waals surface area contributed by atoms with E-state index in [1.54, 1.807) is 7.11 Å². The van der Waals surface area contributed by atoms with Crippen molar-refractivity contribution in [2.75, 3.05) is 39.8 Å². The Morgan fingerprint density at radius 3 is 2.61 bits per heavy atom. The van der Waals surface area contributed by atoms with Crippen molar-refractivity contribution in [2.24, 2.45) is 0 Å². The highest BCUT2D eigenvalue weighted by atomic mass is 16.5. The minimum absolute atomic E-state index is 0.158. The Kier molecular flexibility index (Phi) is 8.09. The number of carbonyl (C=O) groups excluding carboxylic acids is 1. The standard InChI is InChI=1S/C26H32N4O3/c1-32-23-12-10-22(11-13-23)26-27-24(33-28-26)14-15-25(31)30-18-6-17-29(19-20-30)16-5-9-21-7-3-2-4-8-21/h2-4,7-8,10-13H,5-6,9,14-20H2,1H3. The number of aryl methyl sites for hydroxylation is 2. The lowest BCUT2D eigenvalue weighted by atomic mass is 10.1. The first kappa shape index (κ1) is 23.0. The molecule has 1 aromatic heterocycles. The third-order valence-electron chi connectivity index (χ3n) is 6.09. The van der Waals surface area contributed by atoms with E-state index >= 15 is 0 Å². The topological polar surface area (TPSA) is 71.7 Å². The van der Waals surface area contributed by atoms with E-state index in [0.717, 1.165) is 63.3 Å². The Morgan fingerprint density at radius 1 is 1.00 bits per heavy atom. The van der Waals surface area contributed by atoms with Crippen LogP contribution in [0.4, 0.5) is 0 Å². The van der Waals surface area contributed by atoms with E-state index in [2.05, 4.69) is 45.4 Å². The molecule has 7 nitrogen and oxygen atoms in total. The molecule has 4 rings (SSSR count). The van der Waals surface area contributed by atoms with Crippen molar-refractivity contribution < 1.29 is 14.1 Å². The second-order valence-corrected chi connectivity index (χ2v) is 8.41. The maximum Gasteiger partial charge on any atom is 0.227 e. The molecule has 1 saturated heterocycles. The number of benzene rings is 2. The average Bonchev–Trinajstić information content (AvgIpc) is 3.21. The van der Waals surface area contributed by atoms with Crippen LogP contribution in [0.2, 0.25) is 0 Å². The molecule has 1 aliphatic rings. The summed E-state index contributed by atoms with van der Waals surface area (Å²) in [4.78, 5) is 21.7. The summed E-state index contributed by atoms with van der Waals surface area (Å²) in [6.07, 6.45) is 4.10. The fraction of sp³-hybridized carbons (Fsp3) is 0.423. The number of hydrogen-bond donors (Lipinski definition) is 0. The smallest absolute Gasteiger partial charge is 0.227 e. The second kappa shape index (κ2) is 11.6. The molecular formula is C26H32N4O3. The van der Waals surface area contributed by atoms with Crippen LogP contribution < -0.4 is 4.74 Å². The minimum atomic E-state index is 0.158. The van der Waals surface area contributed by atoms with Crippen LogP contribution in [-0.4, -0.2) is 65.7 Å². The molecule has 0 radical (unpaired) electrons. The molecule has 1 amide bonds. The van der Waals surface area contributed by atoms with Crippen LogP contribution in [-0.2, 0) is 17.6 Å². The van der Waals surface area contributed by atoms with Crippen molar-refractivity contribution in [3.63, 3.8) is 0 Å². The van der Waals surface area contributed by atoms with E-state index in [-0.39, 0.29) is 5.91 Å². The summed E-state index contributed by atoms with van der Waals surface area (Å²) in [5.41, 5.74) is 2.25. The van der Waals surface area contributed by atoms with Crippen LogP contribution in [0.15, 0.2) is 59.1 Å². The molecule has 0 bridgehead atoms. The van der Waals surface area contributed by atoms with Gasteiger partial charge in [-0.2, -0.15) is 4.98 Å². The summed E-state index contributed by atoms with van der Waals surface area (Å²) in [6.45, 7) is 4.66. The zero-order chi connectivity index (χ0) is 22.9. The fourth-order valence-electron chi connectivity index (χ4n) is 4.18. The Labute approximate surface area is 195 Å². The highest BCUT2D eigenvalue weighted by molar-refractivity contribution is 5.76. The maximum atomic E-state index is 12.8. The Bertz CT molecular complexity index is 1000. The number of amides is 1. The Balaban J connectivity index is 1.20. The van der Waals surface area contributed by atoms with Gasteiger partial charge >= 0.3 is 0 Å². The first-order chi connectivity index (χ1) is 16.2. The third kappa shape index (κ3) is 6.65. The maximum absolute atomic E-state index is 12.8. The number of ether oxygens (including phenoxy) is 1. The van der Waals surface area contributed by atoms with Gasteiger partial charge < -0.3 is 19.1 Å². The van der Waals surface area contributed by atoms with Gasteiger partial charge in [0.15, 0.2) is 0 Å². The fourth-order valence-corrected chi connectivity index (χ4v) is 4.18. The summed E-state index contributed by atoms with van der Waals surface area (Å²) in [5.74, 6) is 1.96. The van der Waals surface area contributed by atoms with Gasteiger partial charge in [0, 0.05) is 38.0 Å². The molecule has 0 N–H and O–H groups in total. The number of methoxy groups -OCH3 is 1. The van der Waals surface area contributed by atoms with Crippen LogP contribution in [0.25, 0.3) is 11.4 Å². The molecule has 2 heterocycles. The number of carbonyl (C=O) groups is 1. The van der Waals surface area contributed by atoms with E-state index in [1.807, 2.05) is 29.2 Å². The number of rotatable bonds is 9. The number of aromatic nitrogens is 2. The highest BCUT2D eigenvalue weighted by Crippen LogP contribution is 2.20. The SMILES string of the molecule is COc1ccc(-c2noc(CCC(=O)N3CCCN(CCCc4ccccc4)CC3)n2)cc1. The minimum Gasteiger partial charge on any atom is -0.497 e. The predicted octanol–water partition coefficient (Wildman–Crippen LogP) is 3.84. The van der Waals surface area contributed by atoms with Gasteiger partial charge in [-0.3, -0.25) is 4.79 Å². The third-order valence-corrected chi connectivity index (χ3v) is 6.09. The van der Waals surface area contributed by atoms with Crippen molar-refractivity contribution >= 4 is 5.91 Å². The quantitative estimate of drug-likeness (QED) is 0.495. The molecular weight excluding hydrogens is 416 g/mol. The van der Waals surface area contributed by atoms with E-state index in [0.29, 0.717) is 24.6 Å². The molecule has 0 saturated carbocycles. The van der Waals surface area contributed by atoms with Crippen molar-refractivity contribution in [2.45, 2.75) is 32.1 Å². The monoisotopic (exact) mass is 448 g/mol. The van der Waals surface area contributed by atoms with Crippen LogP contribution in [0.3, 0.4) is 0 Å². The molecule has 0 spiro atoms. The van der Waals surface area contributed by atoms with E-state index in [1.165, 1.54) is 5.56 Å². The second-order valence-electron chi connectivity index (χ2n) is 8.41. The molecule has 0 atom stereocenters. The van der Waals surface area contributed by atoms with Gasteiger partial charge in [0.25, 0.3) is 0 Å². The van der Waals surface area contributed by atoms with Gasteiger partial charge in [0.2, 0.25) is 17.6 Å². The first-order valence-corrected chi connectivity index (χ1v) is 11.7. The molecule has 33 heavy (non-hydrogen) atoms. The molecule has 7 heteroatoms. The summed E-state index contributed by atoms with van der Waals surface area (Å²) in [7, 11) is 1.63. The van der Waals surface area contributed by atoms with Crippen molar-refractivity contribution in [3.05, 3.63) is 66.1 Å². The molecule has 1 aliphatic heterocycles. The first-order valence-electron chi connectivity index (χ1n) is 11.7. The van der Waals surface area contributed by atoms with Crippen LogP contribution in [0.1, 0.15) is 30.7 Å². The lowest BCUT2D eigenvalue weighted by Gasteiger charge is -2.22. The van der Waals surface area contributed by atoms with Gasteiger partial charge in [-0.25, -0.2) is 0 Å². The molecule has 0 unspecified atom stereocenters. The summed E-state index contributed by atoms with van der Waals surface area (Å²) < 4.78 is 10.5. The lowest BCUT2D eigenvalue weighted by Crippen LogP contribution is -2.35. The van der Waals surface area contributed by atoms with Crippen molar-refractivity contribution in [3.8, 4) is 17.1 Å². The van der Waals surface area contributed by atoms with Gasteiger partial charge in [-0.15, -0.1) is 0 Å². The van der Waals surface area contributed by atoms with Crippen molar-refractivity contribution in [1.82, 2.24) is 19.9 Å². The largest absolute Gasteiger partial charge is 0.497 e. The van der Waals surface area contributed by atoms with E-state index in [4.69, 9.17) is 9.26 Å². The summed E-state index contributed by atoms with van der Waals surface area (Å²) in [5, 5.41) is 4.05. The number of hydrogen-bond acceptors (Lipinski definition) is 6. The van der Waals surface area contributed by atoms with Crippen LogP contribution in [0, 0.1) is 0 Å². The number of nitrogens with zero attached hydrogens (tertiary/aromatic N) is 4. The average molecular weight is 449 g/mol. The van der Waals surface area contributed by atoms with Gasteiger partial charge in [0.05, 0.1) is 7.11 Å². The molecule has 3 aromatic rings. The van der Waals surface area contributed by atoms with E-state index < -0.39 is 0 Å². The molecule has 2 aromatic carbocycles. The Morgan fingerprint density at radius 2 is 1.82 bits per heavy atom. The zero-order valence-electron chi connectivity index (χ0n) is 19.3. The predicted molar refractivity (Wildman–Crippen MR) is 127 cm³/mol. The van der Waals surface area contributed by atoms with Crippen LogP contribution >= 0.6 is 0 Å². The van der Waals surface area contributed by atoms with Crippen LogP contribution in [0.5, 0.6) is 5.75 Å². The normalized spacial score (nSPS) is 14.8. The molecule has 0 aliphatic carbocycles. The lowest BCUT2D eigenvalue weighted by molar-refractivity contribution is -0.131. The van der Waals surface area contributed by atoms with Crippen molar-refractivity contribution in [1.29, 1.82) is 0 Å². The molecule has 174 valence electrons. The summed E-state index contributed by atoms with van der Waals surface area (Å²) >= 11 is 0. The summed E-state index contributed by atoms with van der Waals surface area (Å²) in [6, 6.07) is 18.1. The van der Waals surface area contributed by atoms with Gasteiger partial charge in [-0.1, -0.05) is 35.5 Å². The highest BCUT2D eigenvalue weighted by Gasteiger charge is 2.20.